The lowest BCUT2D eigenvalue weighted by molar-refractivity contribution is -0.0767. The highest BCUT2D eigenvalue weighted by Crippen LogP contribution is 2.34. The van der Waals surface area contributed by atoms with Crippen molar-refractivity contribution in [3.05, 3.63) is 48.2 Å². The van der Waals surface area contributed by atoms with Crippen LogP contribution in [0.1, 0.15) is 58.5 Å². The number of nitrogens with zero attached hydrogens (tertiary/aromatic N) is 4. The second kappa shape index (κ2) is 7.51. The predicted molar refractivity (Wildman–Crippen MR) is 114 cm³/mol. The molecule has 0 aromatic carbocycles. The molecule has 3 aromatic heterocycles. The molecule has 1 saturated heterocycles. The van der Waals surface area contributed by atoms with Crippen molar-refractivity contribution in [2.24, 2.45) is 7.05 Å². The number of aromatic amines is 1. The molecule has 4 rings (SSSR count). The largest absolute Gasteiger partial charge is 0.332 e. The Labute approximate surface area is 176 Å². The summed E-state index contributed by atoms with van der Waals surface area (Å²) in [4.78, 5) is 46.1. The quantitative estimate of drug-likeness (QED) is 0.681. The number of rotatable bonds is 4. The Morgan fingerprint density at radius 2 is 2.03 bits per heavy atom. The van der Waals surface area contributed by atoms with E-state index in [-0.39, 0.29) is 23.0 Å². The Morgan fingerprint density at radius 3 is 2.60 bits per heavy atom. The van der Waals surface area contributed by atoms with Crippen molar-refractivity contribution in [1.29, 1.82) is 0 Å². The van der Waals surface area contributed by atoms with Gasteiger partial charge in [-0.1, -0.05) is 0 Å². The van der Waals surface area contributed by atoms with Crippen molar-refractivity contribution < 1.29 is 9.63 Å². The van der Waals surface area contributed by atoms with Crippen LogP contribution in [0.25, 0.3) is 10.2 Å². The fourth-order valence-corrected chi connectivity index (χ4v) is 5.29. The molecule has 1 N–H and O–H groups in total. The van der Waals surface area contributed by atoms with Gasteiger partial charge in [0.1, 0.15) is 4.83 Å². The molecule has 4 heterocycles. The molecule has 0 unspecified atom stereocenters. The van der Waals surface area contributed by atoms with E-state index < -0.39 is 5.56 Å². The number of fused-ring (bicyclic) bond motifs is 1. The van der Waals surface area contributed by atoms with E-state index in [1.807, 2.05) is 27.7 Å². The Balaban J connectivity index is 2.04. The van der Waals surface area contributed by atoms with Crippen LogP contribution in [0.5, 0.6) is 0 Å². The van der Waals surface area contributed by atoms with Crippen LogP contribution in [-0.2, 0) is 18.3 Å². The SMILES string of the molecule is Cc1n[nH]c(C)c1Cc1sc2c(c1C(=O)N1CCCO1)c(=O)n(C)c(=O)n2C(C)C. The fraction of sp³-hybridized carbons (Fsp3) is 0.500. The maximum absolute atomic E-state index is 13.4. The Bertz CT molecular complexity index is 1240. The van der Waals surface area contributed by atoms with Crippen LogP contribution in [-0.4, -0.2) is 43.5 Å². The van der Waals surface area contributed by atoms with E-state index in [0.29, 0.717) is 30.0 Å². The minimum atomic E-state index is -0.461. The molecule has 0 bridgehead atoms. The van der Waals surface area contributed by atoms with Crippen LogP contribution in [0.3, 0.4) is 0 Å². The van der Waals surface area contributed by atoms with E-state index in [9.17, 15) is 14.4 Å². The summed E-state index contributed by atoms with van der Waals surface area (Å²) in [5.74, 6) is -0.335. The van der Waals surface area contributed by atoms with Crippen molar-refractivity contribution in [1.82, 2.24) is 24.4 Å². The van der Waals surface area contributed by atoms with E-state index in [1.54, 1.807) is 4.57 Å². The predicted octanol–water partition coefficient (Wildman–Crippen LogP) is 2.05. The second-order valence-electron chi connectivity index (χ2n) is 7.87. The van der Waals surface area contributed by atoms with Gasteiger partial charge in [-0.15, -0.1) is 11.3 Å². The maximum Gasteiger partial charge on any atom is 0.332 e. The molecule has 10 heteroatoms. The van der Waals surface area contributed by atoms with Crippen molar-refractivity contribution >= 4 is 27.5 Å². The molecule has 0 atom stereocenters. The van der Waals surface area contributed by atoms with Crippen LogP contribution < -0.4 is 11.2 Å². The van der Waals surface area contributed by atoms with Gasteiger partial charge >= 0.3 is 5.69 Å². The molecule has 1 aliphatic rings. The molecule has 1 amide bonds. The normalized spacial score (nSPS) is 14.4. The Morgan fingerprint density at radius 1 is 1.30 bits per heavy atom. The average molecular weight is 432 g/mol. The molecule has 1 aliphatic heterocycles. The first kappa shape index (κ1) is 20.5. The van der Waals surface area contributed by atoms with Crippen LogP contribution >= 0.6 is 11.3 Å². The highest BCUT2D eigenvalue weighted by Gasteiger charge is 2.31. The summed E-state index contributed by atoms with van der Waals surface area (Å²) < 4.78 is 2.66. The lowest BCUT2D eigenvalue weighted by Crippen LogP contribution is -2.39. The van der Waals surface area contributed by atoms with Gasteiger partial charge < -0.3 is 0 Å². The number of hydrogen-bond donors (Lipinski definition) is 1. The van der Waals surface area contributed by atoms with Crippen LogP contribution in [0, 0.1) is 13.8 Å². The third-order valence-corrected chi connectivity index (χ3v) is 6.71. The highest BCUT2D eigenvalue weighted by atomic mass is 32.1. The van der Waals surface area contributed by atoms with Gasteiger partial charge in [0.25, 0.3) is 11.5 Å². The van der Waals surface area contributed by atoms with Gasteiger partial charge in [-0.3, -0.25) is 28.7 Å². The molecular weight excluding hydrogens is 406 g/mol. The first-order valence-corrected chi connectivity index (χ1v) is 10.8. The number of thiophene rings is 1. The molecule has 160 valence electrons. The van der Waals surface area contributed by atoms with Gasteiger partial charge in [0.2, 0.25) is 0 Å². The summed E-state index contributed by atoms with van der Waals surface area (Å²) in [5.41, 5.74) is 2.21. The minimum Gasteiger partial charge on any atom is -0.282 e. The van der Waals surface area contributed by atoms with E-state index in [4.69, 9.17) is 4.84 Å². The molecule has 0 spiro atoms. The number of carbonyl (C=O) groups is 1. The Hall–Kier alpha value is -2.72. The first-order valence-electron chi connectivity index (χ1n) is 9.94. The van der Waals surface area contributed by atoms with Gasteiger partial charge in [-0.25, -0.2) is 9.86 Å². The third kappa shape index (κ3) is 3.10. The van der Waals surface area contributed by atoms with Crippen molar-refractivity contribution in [2.75, 3.05) is 13.2 Å². The minimum absolute atomic E-state index is 0.165. The molecule has 9 nitrogen and oxygen atoms in total. The lowest BCUT2D eigenvalue weighted by Gasteiger charge is -2.15. The fourth-order valence-electron chi connectivity index (χ4n) is 3.87. The summed E-state index contributed by atoms with van der Waals surface area (Å²) in [5, 5.41) is 8.82. The number of hydroxylamine groups is 2. The smallest absolute Gasteiger partial charge is 0.282 e. The summed E-state index contributed by atoms with van der Waals surface area (Å²) >= 11 is 1.32. The molecule has 0 radical (unpaired) electrons. The second-order valence-corrected chi connectivity index (χ2v) is 8.96. The monoisotopic (exact) mass is 431 g/mol. The topological polar surface area (TPSA) is 102 Å². The Kier molecular flexibility index (Phi) is 5.15. The van der Waals surface area contributed by atoms with Crippen LogP contribution in [0.15, 0.2) is 9.59 Å². The average Bonchev–Trinajstić information content (AvgIpc) is 3.42. The summed E-state index contributed by atoms with van der Waals surface area (Å²) in [6.07, 6.45) is 1.19. The highest BCUT2D eigenvalue weighted by molar-refractivity contribution is 7.19. The third-order valence-electron chi connectivity index (χ3n) is 5.52. The number of aryl methyl sites for hydroxylation is 2. The van der Waals surface area contributed by atoms with Crippen LogP contribution in [0.2, 0.25) is 0 Å². The van der Waals surface area contributed by atoms with E-state index >= 15 is 0 Å². The van der Waals surface area contributed by atoms with E-state index in [1.165, 1.54) is 23.4 Å². The zero-order chi connectivity index (χ0) is 21.7. The van der Waals surface area contributed by atoms with E-state index in [0.717, 1.165) is 32.8 Å². The molecule has 1 fully saturated rings. The number of amides is 1. The zero-order valence-corrected chi connectivity index (χ0v) is 18.6. The summed E-state index contributed by atoms with van der Waals surface area (Å²) in [6.45, 7) is 8.55. The molecular formula is C20H25N5O4S. The first-order chi connectivity index (χ1) is 14.2. The molecule has 0 saturated carbocycles. The van der Waals surface area contributed by atoms with E-state index in [2.05, 4.69) is 10.2 Å². The lowest BCUT2D eigenvalue weighted by atomic mass is 10.0. The standard InChI is InChI=1S/C20H25N5O4S/c1-10(2)25-19-16(17(26)23(5)20(25)28)15(18(27)24-7-6-8-29-24)14(30-19)9-13-11(3)21-22-12(13)4/h10H,6-9H2,1-5H3,(H,21,22). The molecule has 30 heavy (non-hydrogen) atoms. The van der Waals surface area contributed by atoms with Crippen molar-refractivity contribution in [2.45, 2.75) is 46.6 Å². The van der Waals surface area contributed by atoms with Gasteiger partial charge in [-0.2, -0.15) is 5.10 Å². The number of H-pyrrole nitrogens is 1. The molecule has 3 aromatic rings. The number of hydrogen-bond acceptors (Lipinski definition) is 6. The molecule has 0 aliphatic carbocycles. The van der Waals surface area contributed by atoms with Gasteiger partial charge in [-0.05, 0) is 34.1 Å². The van der Waals surface area contributed by atoms with Gasteiger partial charge in [0.05, 0.1) is 29.8 Å². The summed E-state index contributed by atoms with van der Waals surface area (Å²) in [6, 6.07) is -0.165. The zero-order valence-electron chi connectivity index (χ0n) is 17.7. The number of nitrogens with one attached hydrogen (secondary N) is 1. The van der Waals surface area contributed by atoms with Crippen molar-refractivity contribution in [3.63, 3.8) is 0 Å². The van der Waals surface area contributed by atoms with Gasteiger partial charge in [0.15, 0.2) is 0 Å². The number of carbonyl (C=O) groups excluding carboxylic acids is 1. The number of aromatic nitrogens is 4. The van der Waals surface area contributed by atoms with Gasteiger partial charge in [0, 0.05) is 35.6 Å². The van der Waals surface area contributed by atoms with Crippen LogP contribution in [0.4, 0.5) is 0 Å². The maximum atomic E-state index is 13.4. The summed E-state index contributed by atoms with van der Waals surface area (Å²) in [7, 11) is 1.45. The van der Waals surface area contributed by atoms with Crippen molar-refractivity contribution in [3.8, 4) is 0 Å².